The predicted molar refractivity (Wildman–Crippen MR) is 89.6 cm³/mol. The lowest BCUT2D eigenvalue weighted by Gasteiger charge is -2.33. The molecule has 0 radical (unpaired) electrons. The van der Waals surface area contributed by atoms with Crippen LogP contribution in [0.1, 0.15) is 29.6 Å². The summed E-state index contributed by atoms with van der Waals surface area (Å²) in [4.78, 5) is 7.54. The van der Waals surface area contributed by atoms with E-state index in [0.29, 0.717) is 6.04 Å². The molecule has 106 valence electrons. The Labute approximate surface area is 129 Å². The summed E-state index contributed by atoms with van der Waals surface area (Å²) in [5.74, 6) is 1.19. The highest BCUT2D eigenvalue weighted by Gasteiger charge is 2.39. The Morgan fingerprint density at radius 1 is 0.905 bits per heavy atom. The molecule has 0 aliphatic carbocycles. The van der Waals surface area contributed by atoms with Crippen molar-refractivity contribution in [1.29, 1.82) is 0 Å². The summed E-state index contributed by atoms with van der Waals surface area (Å²) in [6.07, 6.45) is 1.24. The average Bonchev–Trinajstić information content (AvgIpc) is 2.96. The second kappa shape index (κ2) is 5.57. The van der Waals surface area contributed by atoms with Crippen molar-refractivity contribution in [2.45, 2.75) is 18.5 Å². The van der Waals surface area contributed by atoms with E-state index < -0.39 is 0 Å². The van der Waals surface area contributed by atoms with Crippen LogP contribution in [0.4, 0.5) is 0 Å². The van der Waals surface area contributed by atoms with Gasteiger partial charge in [-0.1, -0.05) is 72.4 Å². The molecule has 2 aromatic rings. The summed E-state index contributed by atoms with van der Waals surface area (Å²) in [6, 6.07) is 22.1. The highest BCUT2D eigenvalue weighted by molar-refractivity contribution is 8.13. The van der Waals surface area contributed by atoms with Gasteiger partial charge in [-0.15, -0.1) is 0 Å². The molecule has 2 heterocycles. The lowest BCUT2D eigenvalue weighted by molar-refractivity contribution is 0.313. The molecule has 0 spiro atoms. The van der Waals surface area contributed by atoms with E-state index in [0.717, 1.165) is 6.54 Å². The van der Waals surface area contributed by atoms with Crippen LogP contribution < -0.4 is 0 Å². The summed E-state index contributed by atoms with van der Waals surface area (Å²) in [5.41, 5.74) is 2.68. The van der Waals surface area contributed by atoms with Gasteiger partial charge in [-0.25, -0.2) is 0 Å². The fourth-order valence-corrected chi connectivity index (χ4v) is 4.24. The smallest absolute Gasteiger partial charge is 0.160 e. The number of thioether (sulfide) groups is 1. The summed E-state index contributed by atoms with van der Waals surface area (Å²) in [5, 5.41) is 1.23. The molecule has 0 aromatic heterocycles. The van der Waals surface area contributed by atoms with Gasteiger partial charge in [0.15, 0.2) is 5.17 Å². The maximum atomic E-state index is 5.04. The van der Waals surface area contributed by atoms with E-state index in [4.69, 9.17) is 4.99 Å². The molecular weight excluding hydrogens is 276 g/mol. The molecule has 0 bridgehead atoms. The second-order valence-electron chi connectivity index (χ2n) is 5.52. The number of fused-ring (bicyclic) bond motifs is 1. The first kappa shape index (κ1) is 13.0. The lowest BCUT2D eigenvalue weighted by atomic mass is 9.94. The summed E-state index contributed by atoms with van der Waals surface area (Å²) in [7, 11) is 0. The van der Waals surface area contributed by atoms with E-state index in [1.165, 1.54) is 28.5 Å². The van der Waals surface area contributed by atoms with Crippen molar-refractivity contribution in [3.05, 3.63) is 71.8 Å². The van der Waals surface area contributed by atoms with Crippen LogP contribution >= 0.6 is 11.8 Å². The molecule has 4 rings (SSSR count). The van der Waals surface area contributed by atoms with Crippen LogP contribution in [-0.2, 0) is 0 Å². The molecule has 2 nitrogen and oxygen atoms in total. The Balaban J connectivity index is 1.77. The molecule has 3 heteroatoms. The molecular formula is C18H18N2S. The molecule has 0 saturated carbocycles. The van der Waals surface area contributed by atoms with Crippen LogP contribution in [0, 0.1) is 0 Å². The molecule has 0 N–H and O–H groups in total. The van der Waals surface area contributed by atoms with Crippen molar-refractivity contribution >= 4 is 16.9 Å². The first-order valence-electron chi connectivity index (χ1n) is 7.50. The fraction of sp³-hybridized carbons (Fsp3) is 0.278. The third-order valence-electron chi connectivity index (χ3n) is 4.19. The Hall–Kier alpha value is -1.74. The predicted octanol–water partition coefficient (Wildman–Crippen LogP) is 4.28. The second-order valence-corrected chi connectivity index (χ2v) is 6.58. The van der Waals surface area contributed by atoms with Gasteiger partial charge >= 0.3 is 0 Å². The van der Waals surface area contributed by atoms with Crippen LogP contribution in [0.25, 0.3) is 0 Å². The van der Waals surface area contributed by atoms with Gasteiger partial charge in [0.25, 0.3) is 0 Å². The van der Waals surface area contributed by atoms with E-state index >= 15 is 0 Å². The first-order valence-corrected chi connectivity index (χ1v) is 8.49. The Kier molecular flexibility index (Phi) is 3.44. The highest BCUT2D eigenvalue weighted by atomic mass is 32.2. The van der Waals surface area contributed by atoms with Gasteiger partial charge in [0, 0.05) is 12.3 Å². The topological polar surface area (TPSA) is 15.6 Å². The Morgan fingerprint density at radius 3 is 2.29 bits per heavy atom. The highest BCUT2D eigenvalue weighted by Crippen LogP contribution is 2.45. The van der Waals surface area contributed by atoms with Crippen molar-refractivity contribution in [1.82, 2.24) is 4.90 Å². The molecule has 2 atom stereocenters. The molecule has 2 unspecified atom stereocenters. The number of amidine groups is 1. The monoisotopic (exact) mass is 294 g/mol. The first-order chi connectivity index (χ1) is 10.4. The molecule has 2 aliphatic heterocycles. The number of aliphatic imine (C=N–C) groups is 1. The van der Waals surface area contributed by atoms with E-state index in [1.54, 1.807) is 0 Å². The average molecular weight is 294 g/mol. The summed E-state index contributed by atoms with van der Waals surface area (Å²) >= 11 is 1.91. The van der Waals surface area contributed by atoms with Crippen molar-refractivity contribution in [2.24, 2.45) is 4.99 Å². The minimum atomic E-state index is 0.217. The minimum absolute atomic E-state index is 0.217. The van der Waals surface area contributed by atoms with Gasteiger partial charge in [0.2, 0.25) is 0 Å². The van der Waals surface area contributed by atoms with Crippen LogP contribution in [0.15, 0.2) is 65.7 Å². The SMILES string of the molecule is c1ccc(C2N=C3SCCCN3C2c2ccccc2)cc1. The van der Waals surface area contributed by atoms with E-state index in [-0.39, 0.29) is 6.04 Å². The van der Waals surface area contributed by atoms with Gasteiger partial charge in [-0.3, -0.25) is 4.99 Å². The summed E-state index contributed by atoms with van der Waals surface area (Å²) < 4.78 is 0. The zero-order valence-electron chi connectivity index (χ0n) is 11.9. The molecule has 2 aliphatic rings. The van der Waals surface area contributed by atoms with E-state index in [9.17, 15) is 0 Å². The number of benzene rings is 2. The molecule has 1 saturated heterocycles. The van der Waals surface area contributed by atoms with Crippen molar-refractivity contribution in [3.63, 3.8) is 0 Å². The number of hydrogen-bond acceptors (Lipinski definition) is 3. The lowest BCUT2D eigenvalue weighted by Crippen LogP contribution is -2.34. The molecule has 0 amide bonds. The quantitative estimate of drug-likeness (QED) is 0.821. The minimum Gasteiger partial charge on any atom is -0.342 e. The van der Waals surface area contributed by atoms with Crippen molar-refractivity contribution < 1.29 is 0 Å². The molecule has 1 fully saturated rings. The normalized spacial score (nSPS) is 24.6. The number of hydrogen-bond donors (Lipinski definition) is 0. The van der Waals surface area contributed by atoms with E-state index in [1.807, 2.05) is 11.8 Å². The number of rotatable bonds is 2. The van der Waals surface area contributed by atoms with Gasteiger partial charge in [0.1, 0.15) is 6.04 Å². The van der Waals surface area contributed by atoms with Crippen LogP contribution in [0.2, 0.25) is 0 Å². The zero-order chi connectivity index (χ0) is 14.1. The van der Waals surface area contributed by atoms with Crippen molar-refractivity contribution in [2.75, 3.05) is 12.3 Å². The third kappa shape index (κ3) is 2.36. The third-order valence-corrected chi connectivity index (χ3v) is 5.28. The van der Waals surface area contributed by atoms with Gasteiger partial charge in [-0.05, 0) is 17.5 Å². The Morgan fingerprint density at radius 2 is 1.57 bits per heavy atom. The van der Waals surface area contributed by atoms with Gasteiger partial charge in [-0.2, -0.15) is 0 Å². The fourth-order valence-electron chi connectivity index (χ4n) is 3.23. The van der Waals surface area contributed by atoms with Crippen LogP contribution in [-0.4, -0.2) is 22.4 Å². The maximum absolute atomic E-state index is 5.04. The zero-order valence-corrected chi connectivity index (χ0v) is 12.7. The Bertz CT molecular complexity index is 639. The maximum Gasteiger partial charge on any atom is 0.160 e. The van der Waals surface area contributed by atoms with Crippen LogP contribution in [0.3, 0.4) is 0 Å². The van der Waals surface area contributed by atoms with Gasteiger partial charge in [0.05, 0.1) is 6.04 Å². The molecule has 21 heavy (non-hydrogen) atoms. The molecule has 2 aromatic carbocycles. The number of nitrogens with zero attached hydrogens (tertiary/aromatic N) is 2. The van der Waals surface area contributed by atoms with Crippen LogP contribution in [0.5, 0.6) is 0 Å². The van der Waals surface area contributed by atoms with E-state index in [2.05, 4.69) is 65.6 Å². The van der Waals surface area contributed by atoms with Gasteiger partial charge < -0.3 is 4.90 Å². The largest absolute Gasteiger partial charge is 0.342 e. The standard InChI is InChI=1S/C18H18N2S/c1-3-8-14(9-4-1)16-17(15-10-5-2-6-11-15)20-12-7-13-21-18(20)19-16/h1-6,8-11,16-17H,7,12-13H2. The summed E-state index contributed by atoms with van der Waals surface area (Å²) in [6.45, 7) is 1.12. The van der Waals surface area contributed by atoms with Crippen molar-refractivity contribution in [3.8, 4) is 0 Å².